The summed E-state index contributed by atoms with van der Waals surface area (Å²) in [6, 6.07) is 12.4. The molecule has 0 saturated heterocycles. The molecule has 0 aliphatic rings. The van der Waals surface area contributed by atoms with Crippen molar-refractivity contribution in [3.05, 3.63) is 69.2 Å². The van der Waals surface area contributed by atoms with E-state index in [1.54, 1.807) is 30.0 Å². The van der Waals surface area contributed by atoms with Crippen molar-refractivity contribution in [2.45, 2.75) is 46.2 Å². The molecule has 1 N–H and O–H groups in total. The molecule has 28 heavy (non-hydrogen) atoms. The Morgan fingerprint density at radius 2 is 1.71 bits per heavy atom. The van der Waals surface area contributed by atoms with Crippen LogP contribution in [0.1, 0.15) is 37.0 Å². The lowest BCUT2D eigenvalue weighted by Gasteiger charge is -2.29. The molecular formula is C22H26Cl2N2O2. The number of nitrogens with zero attached hydrogens (tertiary/aromatic N) is 1. The molecule has 0 aliphatic carbocycles. The maximum atomic E-state index is 13.2. The van der Waals surface area contributed by atoms with Crippen LogP contribution in [0.15, 0.2) is 42.5 Å². The van der Waals surface area contributed by atoms with Gasteiger partial charge in [0.05, 0.1) is 6.42 Å². The summed E-state index contributed by atoms with van der Waals surface area (Å²) >= 11 is 12.5. The maximum Gasteiger partial charge on any atom is 0.242 e. The van der Waals surface area contributed by atoms with Crippen molar-refractivity contribution in [2.75, 3.05) is 6.54 Å². The van der Waals surface area contributed by atoms with Gasteiger partial charge in [-0.3, -0.25) is 9.59 Å². The third-order valence-electron chi connectivity index (χ3n) is 4.71. The molecule has 0 heterocycles. The second kappa shape index (κ2) is 10.5. The Bertz CT molecular complexity index is 819. The van der Waals surface area contributed by atoms with Crippen molar-refractivity contribution in [1.82, 2.24) is 10.2 Å². The number of amides is 2. The van der Waals surface area contributed by atoms with Gasteiger partial charge in [0.2, 0.25) is 11.8 Å². The van der Waals surface area contributed by atoms with E-state index in [1.807, 2.05) is 38.1 Å². The smallest absolute Gasteiger partial charge is 0.242 e. The summed E-state index contributed by atoms with van der Waals surface area (Å²) in [7, 11) is 0. The van der Waals surface area contributed by atoms with Crippen molar-refractivity contribution in [1.29, 1.82) is 0 Å². The van der Waals surface area contributed by atoms with E-state index in [-0.39, 0.29) is 18.2 Å². The molecule has 4 nitrogen and oxygen atoms in total. The second-order valence-corrected chi connectivity index (χ2v) is 7.61. The maximum absolute atomic E-state index is 13.2. The summed E-state index contributed by atoms with van der Waals surface area (Å²) in [5.74, 6) is -0.369. The Morgan fingerprint density at radius 1 is 1.07 bits per heavy atom. The summed E-state index contributed by atoms with van der Waals surface area (Å²) in [6.45, 7) is 6.64. The van der Waals surface area contributed by atoms with E-state index in [1.165, 1.54) is 0 Å². The molecule has 6 heteroatoms. The second-order valence-electron chi connectivity index (χ2n) is 6.79. The average molecular weight is 421 g/mol. The molecule has 150 valence electrons. The number of hydrogen-bond acceptors (Lipinski definition) is 2. The first-order chi connectivity index (χ1) is 13.3. The molecule has 1 unspecified atom stereocenters. The van der Waals surface area contributed by atoms with E-state index in [4.69, 9.17) is 23.2 Å². The van der Waals surface area contributed by atoms with Crippen LogP contribution in [-0.4, -0.2) is 29.3 Å². The van der Waals surface area contributed by atoms with Crippen LogP contribution >= 0.6 is 23.2 Å². The summed E-state index contributed by atoms with van der Waals surface area (Å²) in [6.07, 6.45) is 0.870. The van der Waals surface area contributed by atoms with Gasteiger partial charge in [-0.25, -0.2) is 0 Å². The topological polar surface area (TPSA) is 49.4 Å². The third-order valence-corrected chi connectivity index (χ3v) is 5.42. The summed E-state index contributed by atoms with van der Waals surface area (Å²) in [4.78, 5) is 27.3. The lowest BCUT2D eigenvalue weighted by molar-refractivity contribution is -0.140. The minimum Gasteiger partial charge on any atom is -0.354 e. The van der Waals surface area contributed by atoms with Crippen LogP contribution in [-0.2, 0) is 22.6 Å². The molecule has 0 aromatic heterocycles. The van der Waals surface area contributed by atoms with Gasteiger partial charge in [-0.2, -0.15) is 0 Å². The fraction of sp³-hybridized carbons (Fsp3) is 0.364. The van der Waals surface area contributed by atoms with Gasteiger partial charge in [0, 0.05) is 23.1 Å². The molecule has 0 bridgehead atoms. The molecule has 0 radical (unpaired) electrons. The molecule has 0 spiro atoms. The van der Waals surface area contributed by atoms with Crippen LogP contribution < -0.4 is 5.32 Å². The van der Waals surface area contributed by atoms with E-state index < -0.39 is 6.04 Å². The van der Waals surface area contributed by atoms with Crippen LogP contribution in [0.5, 0.6) is 0 Å². The average Bonchev–Trinajstić information content (AvgIpc) is 2.67. The van der Waals surface area contributed by atoms with Crippen LogP contribution in [0.3, 0.4) is 0 Å². The predicted molar refractivity (Wildman–Crippen MR) is 115 cm³/mol. The summed E-state index contributed by atoms with van der Waals surface area (Å²) in [5.41, 5.74) is 2.64. The largest absolute Gasteiger partial charge is 0.354 e. The number of aryl methyl sites for hydroxylation is 1. The number of rotatable bonds is 8. The van der Waals surface area contributed by atoms with Gasteiger partial charge in [-0.15, -0.1) is 0 Å². The van der Waals surface area contributed by atoms with Crippen LogP contribution in [0.4, 0.5) is 0 Å². The number of benzene rings is 2. The zero-order valence-corrected chi connectivity index (χ0v) is 18.0. The van der Waals surface area contributed by atoms with E-state index in [9.17, 15) is 9.59 Å². The monoisotopic (exact) mass is 420 g/mol. The van der Waals surface area contributed by atoms with Crippen LogP contribution in [0.25, 0.3) is 0 Å². The Kier molecular flexibility index (Phi) is 8.34. The first-order valence-corrected chi connectivity index (χ1v) is 10.1. The van der Waals surface area contributed by atoms with Gasteiger partial charge in [-0.1, -0.05) is 60.5 Å². The third kappa shape index (κ3) is 5.73. The molecule has 2 aromatic rings. The van der Waals surface area contributed by atoms with Crippen molar-refractivity contribution in [2.24, 2.45) is 0 Å². The highest BCUT2D eigenvalue weighted by molar-refractivity contribution is 6.36. The Labute approximate surface area is 176 Å². The molecular weight excluding hydrogens is 395 g/mol. The van der Waals surface area contributed by atoms with Crippen molar-refractivity contribution >= 4 is 35.0 Å². The quantitative estimate of drug-likeness (QED) is 0.667. The van der Waals surface area contributed by atoms with Gasteiger partial charge < -0.3 is 10.2 Å². The van der Waals surface area contributed by atoms with Gasteiger partial charge in [0.15, 0.2) is 0 Å². The molecule has 0 fully saturated rings. The minimum atomic E-state index is -0.611. The van der Waals surface area contributed by atoms with E-state index in [2.05, 4.69) is 5.32 Å². The molecule has 1 atom stereocenters. The summed E-state index contributed by atoms with van der Waals surface area (Å²) < 4.78 is 0. The number of carbonyl (C=O) groups excluding carboxylic acids is 2. The minimum absolute atomic E-state index is 0.0375. The van der Waals surface area contributed by atoms with E-state index in [0.29, 0.717) is 28.7 Å². The highest BCUT2D eigenvalue weighted by Gasteiger charge is 2.27. The Balaban J connectivity index is 2.29. The summed E-state index contributed by atoms with van der Waals surface area (Å²) in [5, 5.41) is 3.76. The van der Waals surface area contributed by atoms with Gasteiger partial charge >= 0.3 is 0 Å². The van der Waals surface area contributed by atoms with E-state index >= 15 is 0 Å². The molecule has 2 aromatic carbocycles. The first-order valence-electron chi connectivity index (χ1n) is 9.39. The van der Waals surface area contributed by atoms with Gasteiger partial charge in [0.25, 0.3) is 0 Å². The zero-order valence-electron chi connectivity index (χ0n) is 16.5. The lowest BCUT2D eigenvalue weighted by atomic mass is 10.1. The Morgan fingerprint density at radius 3 is 2.32 bits per heavy atom. The standard InChI is InChI=1S/C22H26Cl2N2O2/c1-4-12-25-22(28)16(3)26(14-17-9-6-5-8-15(17)2)21(27)13-18-19(23)10-7-11-20(18)24/h5-11,16H,4,12-14H2,1-3H3,(H,25,28). The highest BCUT2D eigenvalue weighted by Crippen LogP contribution is 2.26. The van der Waals surface area contributed by atoms with Crippen LogP contribution in [0.2, 0.25) is 10.0 Å². The number of carbonyl (C=O) groups is 2. The van der Waals surface area contributed by atoms with Crippen molar-refractivity contribution in [3.8, 4) is 0 Å². The fourth-order valence-electron chi connectivity index (χ4n) is 2.90. The molecule has 2 amide bonds. The SMILES string of the molecule is CCCNC(=O)C(C)N(Cc1ccccc1C)C(=O)Cc1c(Cl)cccc1Cl. The van der Waals surface area contributed by atoms with Gasteiger partial charge in [-0.05, 0) is 49.1 Å². The van der Waals surface area contributed by atoms with Crippen molar-refractivity contribution in [3.63, 3.8) is 0 Å². The van der Waals surface area contributed by atoms with Crippen LogP contribution in [0, 0.1) is 6.92 Å². The normalized spacial score (nSPS) is 11.8. The zero-order chi connectivity index (χ0) is 20.7. The number of halogens is 2. The van der Waals surface area contributed by atoms with E-state index in [0.717, 1.165) is 17.5 Å². The molecule has 0 saturated carbocycles. The predicted octanol–water partition coefficient (Wildman–Crippen LogP) is 4.79. The first kappa shape index (κ1) is 22.3. The number of nitrogens with one attached hydrogen (secondary N) is 1. The van der Waals surface area contributed by atoms with Crippen molar-refractivity contribution < 1.29 is 9.59 Å². The fourth-order valence-corrected chi connectivity index (χ4v) is 3.43. The lowest BCUT2D eigenvalue weighted by Crippen LogP contribution is -2.48. The highest BCUT2D eigenvalue weighted by atomic mass is 35.5. The Hall–Kier alpha value is -2.04. The number of hydrogen-bond donors (Lipinski definition) is 1. The molecule has 2 rings (SSSR count). The van der Waals surface area contributed by atoms with Gasteiger partial charge in [0.1, 0.15) is 6.04 Å². The molecule has 0 aliphatic heterocycles.